The van der Waals surface area contributed by atoms with Crippen LogP contribution < -0.4 is 0 Å². The lowest BCUT2D eigenvalue weighted by molar-refractivity contribution is 0.661. The molecule has 0 fully saturated rings. The van der Waals surface area contributed by atoms with Crippen LogP contribution in [-0.2, 0) is 5.41 Å². The van der Waals surface area contributed by atoms with Crippen LogP contribution in [0, 0.1) is 0 Å². The maximum atomic E-state index is 2.50. The molecule has 1 aromatic heterocycles. The van der Waals surface area contributed by atoms with Crippen molar-refractivity contribution in [2.45, 2.75) is 25.2 Å². The van der Waals surface area contributed by atoms with E-state index in [2.05, 4.69) is 213 Å². The van der Waals surface area contributed by atoms with Gasteiger partial charge in [0.05, 0.1) is 11.0 Å². The Balaban J connectivity index is 1.04. The molecule has 0 bridgehead atoms. The van der Waals surface area contributed by atoms with Crippen molar-refractivity contribution in [1.82, 2.24) is 4.57 Å². The second kappa shape index (κ2) is 12.0. The average Bonchev–Trinajstić information content (AvgIpc) is 3.85. The summed E-state index contributed by atoms with van der Waals surface area (Å²) in [5.74, 6) is 0.207. The van der Waals surface area contributed by atoms with E-state index in [0.717, 1.165) is 0 Å². The minimum absolute atomic E-state index is 0.0849. The number of hydrogen-bond donors (Lipinski definition) is 0. The van der Waals surface area contributed by atoms with E-state index in [1.54, 1.807) is 0 Å². The third kappa shape index (κ3) is 4.76. The summed E-state index contributed by atoms with van der Waals surface area (Å²) < 4.78 is 2.48. The van der Waals surface area contributed by atoms with Gasteiger partial charge >= 0.3 is 0 Å². The molecule has 10 aromatic rings. The first kappa shape index (κ1) is 32.3. The monoisotopic (exact) mass is 725 g/mol. The lowest BCUT2D eigenvalue weighted by Crippen LogP contribution is -2.14. The van der Waals surface area contributed by atoms with E-state index in [0.29, 0.717) is 0 Å². The van der Waals surface area contributed by atoms with Gasteiger partial charge in [0, 0.05) is 27.8 Å². The third-order valence-corrected chi connectivity index (χ3v) is 13.1. The summed E-state index contributed by atoms with van der Waals surface area (Å²) in [5, 5.41) is 5.14. The highest BCUT2D eigenvalue weighted by atomic mass is 15.0. The molecule has 0 saturated carbocycles. The fourth-order valence-electron chi connectivity index (χ4n) is 10.2. The summed E-state index contributed by atoms with van der Waals surface area (Å²) in [4.78, 5) is 0. The van der Waals surface area contributed by atoms with E-state index in [1.165, 1.54) is 111 Å². The van der Waals surface area contributed by atoms with Crippen LogP contribution >= 0.6 is 0 Å². The summed E-state index contributed by atoms with van der Waals surface area (Å²) >= 11 is 0. The van der Waals surface area contributed by atoms with Gasteiger partial charge in [0.1, 0.15) is 0 Å². The van der Waals surface area contributed by atoms with Crippen LogP contribution in [0.25, 0.3) is 82.8 Å². The van der Waals surface area contributed by atoms with Crippen molar-refractivity contribution in [2.75, 3.05) is 0 Å². The summed E-state index contributed by atoms with van der Waals surface area (Å²) in [7, 11) is 0. The van der Waals surface area contributed by atoms with Crippen molar-refractivity contribution < 1.29 is 0 Å². The molecular formula is C56H39N. The lowest BCUT2D eigenvalue weighted by Gasteiger charge is -2.21. The Morgan fingerprint density at radius 2 is 1.04 bits per heavy atom. The number of aromatic nitrogens is 1. The van der Waals surface area contributed by atoms with Crippen molar-refractivity contribution in [3.63, 3.8) is 0 Å². The van der Waals surface area contributed by atoms with Crippen LogP contribution in [0.3, 0.4) is 0 Å². The van der Waals surface area contributed by atoms with E-state index in [4.69, 9.17) is 0 Å². The molecule has 12 rings (SSSR count). The van der Waals surface area contributed by atoms with E-state index < -0.39 is 0 Å². The van der Waals surface area contributed by atoms with Gasteiger partial charge in [-0.25, -0.2) is 0 Å². The normalized spacial score (nSPS) is 14.8. The molecular weight excluding hydrogens is 687 g/mol. The van der Waals surface area contributed by atoms with Gasteiger partial charge in [-0.1, -0.05) is 166 Å². The minimum Gasteiger partial charge on any atom is -0.309 e. The largest absolute Gasteiger partial charge is 0.309 e. The van der Waals surface area contributed by atoms with Crippen LogP contribution in [0.5, 0.6) is 0 Å². The maximum Gasteiger partial charge on any atom is 0.0547 e. The van der Waals surface area contributed by atoms with Gasteiger partial charge < -0.3 is 4.57 Å². The summed E-state index contributed by atoms with van der Waals surface area (Å²) in [6.07, 6.45) is 0. The van der Waals surface area contributed by atoms with Gasteiger partial charge in [0.25, 0.3) is 0 Å². The molecule has 57 heavy (non-hydrogen) atoms. The van der Waals surface area contributed by atoms with Gasteiger partial charge in [-0.3, -0.25) is 0 Å². The van der Waals surface area contributed by atoms with E-state index in [9.17, 15) is 0 Å². The number of fused-ring (bicyclic) bond motifs is 10. The molecule has 1 nitrogen and oxygen atoms in total. The summed E-state index contributed by atoms with van der Waals surface area (Å²) in [6.45, 7) is 4.76. The first-order chi connectivity index (χ1) is 28.0. The topological polar surface area (TPSA) is 4.93 Å². The molecule has 0 saturated heterocycles. The second-order valence-electron chi connectivity index (χ2n) is 16.5. The standard InChI is InChI=1S/C56H39N/c1-56(2)51-19-11-10-17-44(51)48-34-54-50(33-52(48)56)49-32-40(25-29-53(49)57(54)42-26-22-37(23-27-42)35-12-4-3-5-13-35)39-24-28-46-47(31-39)43-16-8-9-18-45(43)55(46)41-21-20-36-14-6-7-15-38(36)30-41/h3-34,55H,1-2H3. The zero-order valence-electron chi connectivity index (χ0n) is 32.0. The van der Waals surface area contributed by atoms with Gasteiger partial charge in [-0.15, -0.1) is 0 Å². The smallest absolute Gasteiger partial charge is 0.0547 e. The summed E-state index contributed by atoms with van der Waals surface area (Å²) in [5.41, 5.74) is 20.7. The lowest BCUT2D eigenvalue weighted by atomic mass is 9.82. The van der Waals surface area contributed by atoms with Crippen LogP contribution in [0.4, 0.5) is 0 Å². The van der Waals surface area contributed by atoms with Crippen molar-refractivity contribution in [2.24, 2.45) is 0 Å². The molecule has 0 amide bonds. The predicted octanol–water partition coefficient (Wildman–Crippen LogP) is 14.7. The quantitative estimate of drug-likeness (QED) is 0.170. The zero-order chi connectivity index (χ0) is 37.8. The Labute approximate surface area is 333 Å². The Morgan fingerprint density at radius 1 is 0.386 bits per heavy atom. The Kier molecular flexibility index (Phi) is 6.81. The Bertz CT molecular complexity index is 3250. The highest BCUT2D eigenvalue weighted by molar-refractivity contribution is 6.12. The second-order valence-corrected chi connectivity index (χ2v) is 16.5. The molecule has 1 heterocycles. The summed E-state index contributed by atoms with van der Waals surface area (Å²) in [6, 6.07) is 72.6. The zero-order valence-corrected chi connectivity index (χ0v) is 32.0. The molecule has 2 aliphatic rings. The highest BCUT2D eigenvalue weighted by Crippen LogP contribution is 2.52. The molecule has 1 unspecified atom stereocenters. The van der Waals surface area contributed by atoms with Gasteiger partial charge in [0.15, 0.2) is 0 Å². The van der Waals surface area contributed by atoms with Crippen molar-refractivity contribution in [3.05, 3.63) is 222 Å². The predicted molar refractivity (Wildman–Crippen MR) is 240 cm³/mol. The highest BCUT2D eigenvalue weighted by Gasteiger charge is 2.36. The van der Waals surface area contributed by atoms with E-state index in [-0.39, 0.29) is 11.3 Å². The van der Waals surface area contributed by atoms with Crippen LogP contribution in [-0.4, -0.2) is 4.57 Å². The number of benzene rings is 9. The molecule has 9 aromatic carbocycles. The van der Waals surface area contributed by atoms with Gasteiger partial charge in [-0.05, 0) is 126 Å². The van der Waals surface area contributed by atoms with Crippen LogP contribution in [0.15, 0.2) is 194 Å². The number of rotatable bonds is 4. The Morgan fingerprint density at radius 3 is 1.89 bits per heavy atom. The van der Waals surface area contributed by atoms with Gasteiger partial charge in [-0.2, -0.15) is 0 Å². The number of nitrogens with zero attached hydrogens (tertiary/aromatic N) is 1. The fourth-order valence-corrected chi connectivity index (χ4v) is 10.2. The molecule has 2 aliphatic carbocycles. The van der Waals surface area contributed by atoms with E-state index in [1.807, 2.05) is 0 Å². The average molecular weight is 726 g/mol. The molecule has 0 radical (unpaired) electrons. The first-order valence-electron chi connectivity index (χ1n) is 20.1. The molecule has 0 spiro atoms. The molecule has 1 heteroatoms. The third-order valence-electron chi connectivity index (χ3n) is 13.1. The van der Waals surface area contributed by atoms with Crippen molar-refractivity contribution >= 4 is 32.6 Å². The molecule has 1 atom stereocenters. The molecule has 0 aliphatic heterocycles. The van der Waals surface area contributed by atoms with Crippen LogP contribution in [0.1, 0.15) is 47.6 Å². The van der Waals surface area contributed by atoms with Gasteiger partial charge in [0.2, 0.25) is 0 Å². The number of hydrogen-bond acceptors (Lipinski definition) is 0. The van der Waals surface area contributed by atoms with Crippen LogP contribution in [0.2, 0.25) is 0 Å². The fraction of sp³-hybridized carbons (Fsp3) is 0.0714. The maximum absolute atomic E-state index is 2.50. The SMILES string of the molecule is CC1(C)c2ccccc2-c2cc3c(cc21)c1cc(-c2ccc4c(c2)-c2ccccc2C4c2ccc4ccccc4c2)ccc1n3-c1ccc(-c2ccccc2)cc1. The first-order valence-corrected chi connectivity index (χ1v) is 20.1. The van der Waals surface area contributed by atoms with Crippen molar-refractivity contribution in [1.29, 1.82) is 0 Å². The molecule has 0 N–H and O–H groups in total. The Hall–Kier alpha value is -6.96. The van der Waals surface area contributed by atoms with E-state index >= 15 is 0 Å². The molecule has 268 valence electrons. The minimum atomic E-state index is -0.0849. The van der Waals surface area contributed by atoms with Crippen molar-refractivity contribution in [3.8, 4) is 50.2 Å².